The van der Waals surface area contributed by atoms with Crippen LogP contribution in [0, 0.1) is 12.1 Å². The molecule has 0 saturated carbocycles. The van der Waals surface area contributed by atoms with Gasteiger partial charge in [0.2, 0.25) is 0 Å². The van der Waals surface area contributed by atoms with Crippen LogP contribution in [0.3, 0.4) is 0 Å². The zero-order valence-corrected chi connectivity index (χ0v) is 27.8. The van der Waals surface area contributed by atoms with E-state index in [0.717, 1.165) is 46.3 Å². The molecule has 0 amide bonds. The summed E-state index contributed by atoms with van der Waals surface area (Å²) in [6.07, 6.45) is 6.61. The fourth-order valence-electron chi connectivity index (χ4n) is 7.27. The van der Waals surface area contributed by atoms with E-state index in [0.29, 0.717) is 17.5 Å². The molecular formula is C45H28N4S. The molecule has 0 spiro atoms. The molecule has 9 aromatic rings. The molecule has 3 aromatic heterocycles. The van der Waals surface area contributed by atoms with Crippen LogP contribution in [0.2, 0.25) is 0 Å². The van der Waals surface area contributed by atoms with Gasteiger partial charge in [0.15, 0.2) is 17.5 Å². The van der Waals surface area contributed by atoms with Gasteiger partial charge in [-0.2, -0.15) is 0 Å². The Kier molecular flexibility index (Phi) is 6.68. The summed E-state index contributed by atoms with van der Waals surface area (Å²) >= 11 is 1.78. The smallest absolute Gasteiger partial charge is 0.172 e. The van der Waals surface area contributed by atoms with Gasteiger partial charge in [-0.15, -0.1) is 11.3 Å². The van der Waals surface area contributed by atoms with Gasteiger partial charge >= 0.3 is 0 Å². The van der Waals surface area contributed by atoms with Crippen LogP contribution >= 0.6 is 11.3 Å². The van der Waals surface area contributed by atoms with E-state index in [1.54, 1.807) is 11.3 Å². The molecule has 5 heteroatoms. The van der Waals surface area contributed by atoms with Gasteiger partial charge in [0, 0.05) is 59.1 Å². The third-order valence-electron chi connectivity index (χ3n) is 9.59. The highest BCUT2D eigenvalue weighted by Crippen LogP contribution is 2.40. The van der Waals surface area contributed by atoms with Crippen LogP contribution < -0.4 is 0 Å². The Balaban J connectivity index is 1.10. The molecule has 0 fully saturated rings. The molecule has 3 heterocycles. The van der Waals surface area contributed by atoms with Crippen molar-refractivity contribution in [2.75, 3.05) is 0 Å². The zero-order chi connectivity index (χ0) is 33.0. The second-order valence-corrected chi connectivity index (χ2v) is 13.6. The molecule has 0 radical (unpaired) electrons. The molecule has 0 bridgehead atoms. The van der Waals surface area contributed by atoms with E-state index in [1.165, 1.54) is 42.3 Å². The number of para-hydroxylation sites is 2. The summed E-state index contributed by atoms with van der Waals surface area (Å²) in [5.41, 5.74) is 9.80. The second-order valence-electron chi connectivity index (χ2n) is 12.5. The van der Waals surface area contributed by atoms with E-state index in [4.69, 9.17) is 15.0 Å². The van der Waals surface area contributed by atoms with Crippen LogP contribution in [-0.4, -0.2) is 19.5 Å². The number of rotatable bonds is 5. The van der Waals surface area contributed by atoms with Gasteiger partial charge in [0.05, 0.1) is 16.8 Å². The molecule has 0 aliphatic heterocycles. The van der Waals surface area contributed by atoms with Crippen LogP contribution in [0.1, 0.15) is 17.7 Å². The van der Waals surface area contributed by atoms with E-state index in [-0.39, 0.29) is 0 Å². The number of allylic oxidation sites excluding steroid dienone is 1. The van der Waals surface area contributed by atoms with Crippen LogP contribution in [0.5, 0.6) is 0 Å². The molecule has 234 valence electrons. The predicted octanol–water partition coefficient (Wildman–Crippen LogP) is 11.4. The Bertz CT molecular complexity index is 2750. The van der Waals surface area contributed by atoms with Crippen LogP contribution in [-0.2, 0) is 6.42 Å². The SMILES string of the molecule is c1c(-c2nc(-c3ccccc3)nc(-c3cccc4c3sc3ccccc34)n2)ccc(-c2ccccc2-n2c3c(c4ccccc42)C=CCC3)c#1. The third kappa shape index (κ3) is 4.65. The van der Waals surface area contributed by atoms with Crippen molar-refractivity contribution in [2.24, 2.45) is 0 Å². The first kappa shape index (κ1) is 28.6. The number of hydrogen-bond donors (Lipinski definition) is 0. The quantitative estimate of drug-likeness (QED) is 0.185. The standard InChI is InChI=1S/C45H28N4S/c1-2-13-30(14-3-1)43-46-44(48-45(47-43)37-20-12-19-36-35-18-7-11-24-41(35)50-42(36)37)31-27-25-29(26-28-31)32-15-4-8-21-38(32)49-39-22-9-5-16-33(39)34-17-6-10-23-40(34)49/h1-9,11-22,24-25,27H,10,23H2. The van der Waals surface area contributed by atoms with Crippen LogP contribution in [0.15, 0.2) is 140 Å². The topological polar surface area (TPSA) is 43.6 Å². The minimum Gasteiger partial charge on any atom is -0.312 e. The van der Waals surface area contributed by atoms with Gasteiger partial charge in [-0.25, -0.2) is 15.0 Å². The number of aromatic nitrogens is 4. The molecule has 4 nitrogen and oxygen atoms in total. The van der Waals surface area contributed by atoms with Crippen molar-refractivity contribution in [1.82, 2.24) is 19.5 Å². The average molecular weight is 657 g/mol. The maximum atomic E-state index is 5.09. The third-order valence-corrected chi connectivity index (χ3v) is 10.8. The minimum absolute atomic E-state index is 0.570. The Morgan fingerprint density at radius 3 is 2.16 bits per heavy atom. The molecule has 10 rings (SSSR count). The molecular weight excluding hydrogens is 629 g/mol. The van der Waals surface area contributed by atoms with Crippen molar-refractivity contribution in [3.8, 4) is 51.0 Å². The fraction of sp³-hybridized carbons (Fsp3) is 0.0444. The lowest BCUT2D eigenvalue weighted by Gasteiger charge is -2.16. The predicted molar refractivity (Wildman–Crippen MR) is 206 cm³/mol. The molecule has 0 atom stereocenters. The van der Waals surface area contributed by atoms with Gasteiger partial charge < -0.3 is 4.57 Å². The summed E-state index contributed by atoms with van der Waals surface area (Å²) in [5, 5.41) is 3.74. The molecule has 0 N–H and O–H groups in total. The number of thiophene rings is 1. The van der Waals surface area contributed by atoms with E-state index in [9.17, 15) is 0 Å². The lowest BCUT2D eigenvalue weighted by Crippen LogP contribution is -2.04. The molecule has 6 aromatic carbocycles. The zero-order valence-electron chi connectivity index (χ0n) is 27.0. The number of fused-ring (bicyclic) bond motifs is 6. The average Bonchev–Trinajstić information content (AvgIpc) is 3.74. The van der Waals surface area contributed by atoms with E-state index in [2.05, 4.69) is 132 Å². The lowest BCUT2D eigenvalue weighted by atomic mass is 10.0. The highest BCUT2D eigenvalue weighted by Gasteiger charge is 2.21. The fourth-order valence-corrected chi connectivity index (χ4v) is 8.48. The van der Waals surface area contributed by atoms with Gasteiger partial charge in [0.25, 0.3) is 0 Å². The highest BCUT2D eigenvalue weighted by atomic mass is 32.1. The second kappa shape index (κ2) is 11.7. The summed E-state index contributed by atoms with van der Waals surface area (Å²) in [6.45, 7) is 0. The number of hydrogen-bond acceptors (Lipinski definition) is 4. The first-order valence-electron chi connectivity index (χ1n) is 16.9. The summed E-state index contributed by atoms with van der Waals surface area (Å²) in [7, 11) is 0. The Morgan fingerprint density at radius 1 is 0.560 bits per heavy atom. The lowest BCUT2D eigenvalue weighted by molar-refractivity contribution is 0.889. The van der Waals surface area contributed by atoms with E-state index < -0.39 is 0 Å². The summed E-state index contributed by atoms with van der Waals surface area (Å²) < 4.78 is 4.85. The maximum absolute atomic E-state index is 5.09. The van der Waals surface area contributed by atoms with Gasteiger partial charge in [0.1, 0.15) is 0 Å². The van der Waals surface area contributed by atoms with Gasteiger partial charge in [-0.3, -0.25) is 0 Å². The Labute approximate surface area is 293 Å². The summed E-state index contributed by atoms with van der Waals surface area (Å²) in [4.78, 5) is 15.1. The monoisotopic (exact) mass is 656 g/mol. The largest absolute Gasteiger partial charge is 0.312 e. The first-order chi connectivity index (χ1) is 24.8. The molecule has 1 aliphatic rings. The normalized spacial score (nSPS) is 12.4. The molecule has 0 unspecified atom stereocenters. The van der Waals surface area contributed by atoms with Crippen molar-refractivity contribution in [3.05, 3.63) is 163 Å². The minimum atomic E-state index is 0.570. The van der Waals surface area contributed by atoms with Gasteiger partial charge in [-0.05, 0) is 49.2 Å². The van der Waals surface area contributed by atoms with Crippen molar-refractivity contribution in [2.45, 2.75) is 12.8 Å². The summed E-state index contributed by atoms with van der Waals surface area (Å²) in [6, 6.07) is 53.4. The molecule has 50 heavy (non-hydrogen) atoms. The highest BCUT2D eigenvalue weighted by molar-refractivity contribution is 7.26. The van der Waals surface area contributed by atoms with E-state index >= 15 is 0 Å². The van der Waals surface area contributed by atoms with Crippen molar-refractivity contribution < 1.29 is 0 Å². The van der Waals surface area contributed by atoms with Crippen molar-refractivity contribution in [3.63, 3.8) is 0 Å². The summed E-state index contributed by atoms with van der Waals surface area (Å²) in [5.74, 6) is 1.84. The molecule has 1 aliphatic carbocycles. The first-order valence-corrected chi connectivity index (χ1v) is 17.7. The van der Waals surface area contributed by atoms with Crippen LogP contribution in [0.25, 0.3) is 88.1 Å². The van der Waals surface area contributed by atoms with E-state index in [1.807, 2.05) is 30.3 Å². The van der Waals surface area contributed by atoms with Crippen molar-refractivity contribution in [1.29, 1.82) is 0 Å². The molecule has 0 saturated heterocycles. The maximum Gasteiger partial charge on any atom is 0.172 e. The van der Waals surface area contributed by atoms with Gasteiger partial charge in [-0.1, -0.05) is 121 Å². The van der Waals surface area contributed by atoms with Crippen LogP contribution in [0.4, 0.5) is 0 Å². The number of nitrogens with zero attached hydrogens (tertiary/aromatic N) is 4. The number of benzene rings is 5. The van der Waals surface area contributed by atoms with Crippen molar-refractivity contribution >= 4 is 48.5 Å². The Hall–Kier alpha value is -6.35. The Morgan fingerprint density at radius 2 is 1.26 bits per heavy atom.